The molecule has 0 fully saturated rings. The standard InChI is InChI=1S/C100H41N7O11/c108-90-53-27-17-41-42-15-16-45-43-18-28-55-80-56(93(111)103-92(55)110)31-24-49(72(43)80)76-63(35-61(74(42)84(45)76)47-20-30-54(91(109)102-90)79(53)71(41)47)65-38-68-83-60(98(116)106(99(68)117)40-11-5-2-6-12-40)33-22-48-62-36-66(88-87-52(26-23-51(75(62)87)78(65)86(48)83)89-101-69-13-7-8-14-70(69)107(89)100(88)118)64-37-67-81-57(94(112)104-95(67)113)29-19-46-44-21-32-58-82-59(34-25-50(73(44)82)77(64)85(46)81)97(115)105(96(58)114)39-9-3-1-4-10-39/h1-38H,(H,102,108,109)(H,103,110,111)(H,104,112,113). The number of para-hydroxylation sites is 4. The fourth-order valence-electron chi connectivity index (χ4n) is 22.0. The Morgan fingerprint density at radius 2 is 0.492 bits per heavy atom. The number of fused-ring (bicyclic) bond motifs is 12. The number of imidazole rings is 1. The average Bonchev–Trinajstić information content (AvgIpc) is 1.65. The summed E-state index contributed by atoms with van der Waals surface area (Å²) in [6.45, 7) is 0. The largest absolute Gasteiger partial charge is 0.288 e. The molecule has 5 aliphatic heterocycles. The van der Waals surface area contributed by atoms with Crippen LogP contribution in [0.4, 0.5) is 11.4 Å². The van der Waals surface area contributed by atoms with Crippen molar-refractivity contribution in [3.63, 3.8) is 0 Å². The van der Waals surface area contributed by atoms with Crippen LogP contribution in [0.25, 0.3) is 211 Å². The minimum Gasteiger partial charge on any atom is -0.288 e. The third kappa shape index (κ3) is 6.94. The molecule has 0 saturated carbocycles. The first-order chi connectivity index (χ1) is 57.7. The molecule has 0 spiro atoms. The maximum absolute atomic E-state index is 17.3. The maximum Gasteiger partial charge on any atom is 0.266 e. The summed E-state index contributed by atoms with van der Waals surface area (Å²) in [5.74, 6) is -5.72. The molecule has 0 bridgehead atoms. The Kier molecular flexibility index (Phi) is 10.7. The van der Waals surface area contributed by atoms with Crippen LogP contribution in [0.5, 0.6) is 0 Å². The highest BCUT2D eigenvalue weighted by Crippen LogP contribution is 2.59. The quantitative estimate of drug-likeness (QED) is 0.0846. The van der Waals surface area contributed by atoms with Crippen LogP contribution in [0.15, 0.2) is 235 Å². The van der Waals surface area contributed by atoms with Gasteiger partial charge in [-0.3, -0.25) is 73.1 Å². The van der Waals surface area contributed by atoms with Crippen molar-refractivity contribution in [2.24, 2.45) is 0 Å². The van der Waals surface area contributed by atoms with Gasteiger partial charge in [0, 0.05) is 93.3 Å². The Labute approximate surface area is 657 Å². The fourth-order valence-corrected chi connectivity index (χ4v) is 22.0. The number of pyridine rings is 1. The highest BCUT2D eigenvalue weighted by molar-refractivity contribution is 6.52. The maximum atomic E-state index is 17.3. The molecule has 18 nitrogen and oxygen atoms in total. The Morgan fingerprint density at radius 1 is 0.203 bits per heavy atom. The van der Waals surface area contributed by atoms with Crippen molar-refractivity contribution in [3.8, 4) is 22.3 Å². The van der Waals surface area contributed by atoms with Crippen molar-refractivity contribution in [2.45, 2.75) is 0 Å². The summed E-state index contributed by atoms with van der Waals surface area (Å²) in [5.41, 5.74) is 6.12. The van der Waals surface area contributed by atoms with E-state index in [4.69, 9.17) is 4.98 Å². The van der Waals surface area contributed by atoms with Gasteiger partial charge in [0.25, 0.3) is 64.6 Å². The monoisotopic (exact) mass is 1520 g/mol. The van der Waals surface area contributed by atoms with Gasteiger partial charge in [-0.15, -0.1) is 0 Å². The van der Waals surface area contributed by atoms with Gasteiger partial charge in [-0.25, -0.2) is 14.8 Å². The summed E-state index contributed by atoms with van der Waals surface area (Å²) in [6, 6.07) is 69.8. The van der Waals surface area contributed by atoms with Gasteiger partial charge in [-0.05, 0) is 267 Å². The zero-order valence-corrected chi connectivity index (χ0v) is 60.7. The molecule has 0 saturated heterocycles. The molecule has 21 aromatic carbocycles. The highest BCUT2D eigenvalue weighted by atomic mass is 16.2. The van der Waals surface area contributed by atoms with Crippen LogP contribution < -0.4 is 31.3 Å². The molecule has 3 N–H and O–H groups in total. The van der Waals surface area contributed by atoms with E-state index in [-0.39, 0.29) is 38.8 Å². The van der Waals surface area contributed by atoms with Crippen LogP contribution in [0, 0.1) is 0 Å². The van der Waals surface area contributed by atoms with Gasteiger partial charge >= 0.3 is 0 Å². The van der Waals surface area contributed by atoms with Crippen molar-refractivity contribution >= 4 is 259 Å². The molecule has 10 amide bonds. The Bertz CT molecular complexity index is 9230. The molecule has 542 valence electrons. The molecule has 2 aromatic heterocycles. The number of benzene rings is 21. The van der Waals surface area contributed by atoms with Crippen LogP contribution in [0.1, 0.15) is 104 Å². The number of rotatable bonds is 4. The van der Waals surface area contributed by atoms with E-state index in [1.807, 2.05) is 109 Å². The van der Waals surface area contributed by atoms with Crippen LogP contribution in [-0.2, 0) is 0 Å². The molecular formula is C100H41N7O11. The van der Waals surface area contributed by atoms with E-state index in [1.54, 1.807) is 114 Å². The molecule has 0 unspecified atom stereocenters. The number of anilines is 2. The number of nitrogens with one attached hydrogen (secondary N) is 3. The Hall–Kier alpha value is -16.6. The van der Waals surface area contributed by atoms with E-state index in [0.29, 0.717) is 196 Å². The van der Waals surface area contributed by atoms with Gasteiger partial charge in [0.05, 0.1) is 27.8 Å². The summed E-state index contributed by atoms with van der Waals surface area (Å²) in [6.07, 6.45) is 0. The second-order valence-electron chi connectivity index (χ2n) is 31.7. The Balaban J connectivity index is 0.848. The predicted octanol–water partition coefficient (Wildman–Crippen LogP) is 19.1. The lowest BCUT2D eigenvalue weighted by Crippen LogP contribution is -2.40. The number of aromatic nitrogens is 2. The summed E-state index contributed by atoms with van der Waals surface area (Å²) < 4.78 is 1.63. The first-order valence-electron chi connectivity index (χ1n) is 38.5. The molecule has 7 heterocycles. The van der Waals surface area contributed by atoms with Gasteiger partial charge in [0.2, 0.25) is 0 Å². The number of carbonyl (C=O) groups is 10. The molecule has 118 heavy (non-hydrogen) atoms. The molecule has 0 radical (unpaired) electrons. The average molecular weight is 1520 g/mol. The zero-order valence-electron chi connectivity index (χ0n) is 60.7. The number of imide groups is 5. The zero-order chi connectivity index (χ0) is 78.2. The lowest BCUT2D eigenvalue weighted by Gasteiger charge is -2.30. The first-order valence-corrected chi connectivity index (χ1v) is 38.5. The van der Waals surface area contributed by atoms with Crippen molar-refractivity contribution in [2.75, 3.05) is 9.80 Å². The van der Waals surface area contributed by atoms with E-state index < -0.39 is 64.6 Å². The fraction of sp³-hybridized carbons (Fsp3) is 0. The molecule has 23 aromatic rings. The summed E-state index contributed by atoms with van der Waals surface area (Å²) in [7, 11) is 0. The van der Waals surface area contributed by atoms with E-state index in [0.717, 1.165) is 43.1 Å². The van der Waals surface area contributed by atoms with E-state index in [1.165, 1.54) is 9.80 Å². The minimum atomic E-state index is -0.677. The molecule has 28 rings (SSSR count). The molecule has 18 heteroatoms. The Morgan fingerprint density at radius 3 is 0.975 bits per heavy atom. The van der Waals surface area contributed by atoms with Crippen molar-refractivity contribution in [1.82, 2.24) is 25.3 Å². The van der Waals surface area contributed by atoms with Crippen molar-refractivity contribution < 1.29 is 47.9 Å². The van der Waals surface area contributed by atoms with Crippen LogP contribution in [-0.4, -0.2) is 68.5 Å². The third-order valence-corrected chi connectivity index (χ3v) is 26.6. The summed E-state index contributed by atoms with van der Waals surface area (Å²) >= 11 is 0. The first kappa shape index (κ1) is 62.0. The van der Waals surface area contributed by atoms with E-state index >= 15 is 28.8 Å². The van der Waals surface area contributed by atoms with Crippen LogP contribution in [0.2, 0.25) is 0 Å². The smallest absolute Gasteiger partial charge is 0.266 e. The van der Waals surface area contributed by atoms with E-state index in [9.17, 15) is 24.0 Å². The molecule has 5 aliphatic rings. The highest BCUT2D eigenvalue weighted by Gasteiger charge is 2.42. The van der Waals surface area contributed by atoms with Crippen molar-refractivity contribution in [1.29, 1.82) is 0 Å². The second kappa shape index (κ2) is 20.4. The van der Waals surface area contributed by atoms with Crippen LogP contribution >= 0.6 is 0 Å². The number of hydrogen-bond donors (Lipinski definition) is 3. The predicted molar refractivity (Wildman–Crippen MR) is 456 cm³/mol. The van der Waals surface area contributed by atoms with E-state index in [2.05, 4.69) is 28.1 Å². The summed E-state index contributed by atoms with van der Waals surface area (Å²) in [4.78, 5) is 174. The number of carbonyl (C=O) groups excluding carboxylic acids is 10. The molecule has 0 aliphatic carbocycles. The minimum absolute atomic E-state index is 0.151. The lowest BCUT2D eigenvalue weighted by atomic mass is 9.76. The van der Waals surface area contributed by atoms with Crippen molar-refractivity contribution in [3.05, 3.63) is 297 Å². The SMILES string of the molecule is O=C1NC(=O)c2ccc3c4cc(-c5cc6c7c(ccc8c9cc(-c%10cc%11c%12c(ccc%13c%14ccc%15c%16c(ccc(c%10c%12%13)c%16%14)C(=O)N(c%10ccccc%10)C%15=O)C(=O)NC%11=O)c%10c(=O)n%11c%12ccccc%12nc%11c%11ccc(c5c78)c9c%10%11)C(=O)N(c5ccccc5)C6=O)c5c6ccc7c8c(ccc(c9ccc(c%10ccc1c2c%103)c4c95)c86)C(=O)NC7=O. The second-order valence-corrected chi connectivity index (χ2v) is 31.7. The number of nitrogens with zero attached hydrogens (tertiary/aromatic N) is 4. The van der Waals surface area contributed by atoms with Gasteiger partial charge in [-0.1, -0.05) is 115 Å². The molecule has 0 atom stereocenters. The lowest BCUT2D eigenvalue weighted by molar-refractivity contribution is 0.0828. The molecular weight excluding hydrogens is 1480 g/mol. The van der Waals surface area contributed by atoms with Gasteiger partial charge < -0.3 is 0 Å². The topological polar surface area (TPSA) is 248 Å². The van der Waals surface area contributed by atoms with Gasteiger partial charge in [0.1, 0.15) is 5.65 Å². The van der Waals surface area contributed by atoms with Gasteiger partial charge in [-0.2, -0.15) is 0 Å². The van der Waals surface area contributed by atoms with Gasteiger partial charge in [0.15, 0.2) is 0 Å². The number of amides is 10. The number of hydrogen-bond acceptors (Lipinski definition) is 12. The summed E-state index contributed by atoms with van der Waals surface area (Å²) in [5, 5.41) is 26.9. The third-order valence-electron chi connectivity index (χ3n) is 26.6. The normalized spacial score (nSPS) is 15.0. The van der Waals surface area contributed by atoms with Crippen LogP contribution in [0.3, 0.4) is 0 Å².